The van der Waals surface area contributed by atoms with Crippen molar-refractivity contribution in [3.63, 3.8) is 0 Å². The van der Waals surface area contributed by atoms with Crippen LogP contribution in [0.15, 0.2) is 23.0 Å². The van der Waals surface area contributed by atoms with Gasteiger partial charge in [0.1, 0.15) is 0 Å². The summed E-state index contributed by atoms with van der Waals surface area (Å²) in [7, 11) is 0. The van der Waals surface area contributed by atoms with Gasteiger partial charge >= 0.3 is 0 Å². The van der Waals surface area contributed by atoms with Gasteiger partial charge in [-0.15, -0.1) is 0 Å². The fraction of sp³-hybridized carbons (Fsp3) is 0.692. The van der Waals surface area contributed by atoms with E-state index >= 15 is 0 Å². The number of fused-ring (bicyclic) bond motifs is 1. The third kappa shape index (κ3) is 2.15. The predicted molar refractivity (Wildman–Crippen MR) is 63.2 cm³/mol. The first kappa shape index (κ1) is 10.4. The molecule has 0 bridgehead atoms. The van der Waals surface area contributed by atoms with E-state index in [1.807, 2.05) is 6.26 Å². The van der Waals surface area contributed by atoms with E-state index in [1.165, 1.54) is 51.0 Å². The smallest absolute Gasteiger partial charge is 0.0947 e. The van der Waals surface area contributed by atoms with E-state index in [9.17, 15) is 0 Å². The van der Waals surface area contributed by atoms with Crippen molar-refractivity contribution < 1.29 is 4.42 Å². The number of hydrogen-bond donors (Lipinski definition) is 0. The van der Waals surface area contributed by atoms with Crippen LogP contribution in [0.4, 0.5) is 0 Å². The van der Waals surface area contributed by atoms with Crippen LogP contribution in [0.3, 0.4) is 0 Å². The Morgan fingerprint density at radius 3 is 3.12 bits per heavy atom. The summed E-state index contributed by atoms with van der Waals surface area (Å²) in [4.78, 5) is 5.24. The Morgan fingerprint density at radius 1 is 1.25 bits per heavy atom. The van der Waals surface area contributed by atoms with E-state index in [-0.39, 0.29) is 0 Å². The lowest BCUT2D eigenvalue weighted by molar-refractivity contribution is 0.0456. The second-order valence-corrected chi connectivity index (χ2v) is 5.05. The molecular weight excluding hydrogens is 200 g/mol. The average molecular weight is 220 g/mol. The molecule has 0 aliphatic carbocycles. The molecule has 16 heavy (non-hydrogen) atoms. The monoisotopic (exact) mass is 220 g/mol. The van der Waals surface area contributed by atoms with Gasteiger partial charge in [0.15, 0.2) is 0 Å². The summed E-state index contributed by atoms with van der Waals surface area (Å²) in [5, 5.41) is 0. The molecule has 1 atom stereocenters. The van der Waals surface area contributed by atoms with Gasteiger partial charge in [0.25, 0.3) is 0 Å². The molecule has 2 aliphatic rings. The summed E-state index contributed by atoms with van der Waals surface area (Å²) in [5.74, 6) is 0. The minimum absolute atomic E-state index is 0.814. The average Bonchev–Trinajstić information content (AvgIpc) is 2.82. The quantitative estimate of drug-likeness (QED) is 0.759. The van der Waals surface area contributed by atoms with Crippen molar-refractivity contribution in [1.82, 2.24) is 9.80 Å². The molecule has 3 nitrogen and oxygen atoms in total. The van der Waals surface area contributed by atoms with E-state index in [0.29, 0.717) is 0 Å². The van der Waals surface area contributed by atoms with Gasteiger partial charge in [0.2, 0.25) is 0 Å². The zero-order chi connectivity index (χ0) is 10.8. The molecule has 0 amide bonds. The van der Waals surface area contributed by atoms with Crippen molar-refractivity contribution in [2.75, 3.05) is 26.2 Å². The third-order valence-corrected chi connectivity index (χ3v) is 3.91. The first-order valence-electron chi connectivity index (χ1n) is 6.39. The Morgan fingerprint density at radius 2 is 2.25 bits per heavy atom. The number of nitrogens with zero attached hydrogens (tertiary/aromatic N) is 2. The van der Waals surface area contributed by atoms with E-state index in [2.05, 4.69) is 15.9 Å². The lowest BCUT2D eigenvalue weighted by Gasteiger charge is -2.44. The summed E-state index contributed by atoms with van der Waals surface area (Å²) in [6.45, 7) is 6.08. The highest BCUT2D eigenvalue weighted by atomic mass is 16.3. The molecular formula is C13H20N2O. The topological polar surface area (TPSA) is 19.6 Å². The van der Waals surface area contributed by atoms with Crippen LogP contribution >= 0.6 is 0 Å². The van der Waals surface area contributed by atoms with Crippen LogP contribution in [0.5, 0.6) is 0 Å². The maximum absolute atomic E-state index is 5.13. The molecule has 0 aromatic carbocycles. The Labute approximate surface area is 97.0 Å². The van der Waals surface area contributed by atoms with Crippen molar-refractivity contribution in [1.29, 1.82) is 0 Å². The van der Waals surface area contributed by atoms with Gasteiger partial charge in [0, 0.05) is 37.8 Å². The molecule has 0 saturated carbocycles. The molecule has 0 N–H and O–H groups in total. The second kappa shape index (κ2) is 4.60. The van der Waals surface area contributed by atoms with Crippen molar-refractivity contribution in [2.45, 2.75) is 31.8 Å². The first-order valence-corrected chi connectivity index (χ1v) is 6.39. The van der Waals surface area contributed by atoms with Gasteiger partial charge < -0.3 is 4.42 Å². The van der Waals surface area contributed by atoms with Gasteiger partial charge in [-0.2, -0.15) is 0 Å². The lowest BCUT2D eigenvalue weighted by atomic mass is 9.99. The third-order valence-electron chi connectivity index (χ3n) is 3.91. The van der Waals surface area contributed by atoms with Gasteiger partial charge in [-0.05, 0) is 25.5 Å². The Balaban J connectivity index is 1.58. The molecule has 0 spiro atoms. The fourth-order valence-electron chi connectivity index (χ4n) is 3.00. The molecule has 1 unspecified atom stereocenters. The number of piperidine rings is 1. The number of hydrogen-bond acceptors (Lipinski definition) is 3. The van der Waals surface area contributed by atoms with E-state index in [0.717, 1.165) is 12.6 Å². The summed E-state index contributed by atoms with van der Waals surface area (Å²) >= 11 is 0. The van der Waals surface area contributed by atoms with Crippen molar-refractivity contribution in [3.05, 3.63) is 24.2 Å². The van der Waals surface area contributed by atoms with Crippen molar-refractivity contribution >= 4 is 0 Å². The maximum atomic E-state index is 5.13. The SMILES string of the molecule is c1cc(CN2CCN3CCCCC3C2)co1. The molecule has 3 heteroatoms. The first-order chi connectivity index (χ1) is 7.92. The van der Waals surface area contributed by atoms with Crippen LogP contribution in [0.1, 0.15) is 24.8 Å². The summed E-state index contributed by atoms with van der Waals surface area (Å²) in [6, 6.07) is 2.89. The molecule has 88 valence electrons. The minimum Gasteiger partial charge on any atom is -0.472 e. The van der Waals surface area contributed by atoms with E-state index in [1.54, 1.807) is 6.26 Å². The maximum Gasteiger partial charge on any atom is 0.0947 e. The second-order valence-electron chi connectivity index (χ2n) is 5.05. The Hall–Kier alpha value is -0.800. The summed E-state index contributed by atoms with van der Waals surface area (Å²) < 4.78 is 5.13. The van der Waals surface area contributed by atoms with Gasteiger partial charge in [-0.1, -0.05) is 6.42 Å². The Bertz CT molecular complexity index is 323. The molecule has 0 radical (unpaired) electrons. The molecule has 3 rings (SSSR count). The fourth-order valence-corrected chi connectivity index (χ4v) is 3.00. The molecule has 2 aliphatic heterocycles. The molecule has 3 heterocycles. The van der Waals surface area contributed by atoms with Crippen LogP contribution in [0, 0.1) is 0 Å². The molecule has 1 aromatic heterocycles. The predicted octanol–water partition coefficient (Wildman–Crippen LogP) is 1.95. The van der Waals surface area contributed by atoms with E-state index in [4.69, 9.17) is 4.42 Å². The van der Waals surface area contributed by atoms with Gasteiger partial charge in [-0.25, -0.2) is 0 Å². The van der Waals surface area contributed by atoms with Crippen LogP contribution in [-0.2, 0) is 6.54 Å². The van der Waals surface area contributed by atoms with Crippen molar-refractivity contribution in [2.24, 2.45) is 0 Å². The van der Waals surface area contributed by atoms with Gasteiger partial charge in [0.05, 0.1) is 12.5 Å². The molecule has 1 aromatic rings. The van der Waals surface area contributed by atoms with Gasteiger partial charge in [-0.3, -0.25) is 9.80 Å². The highest BCUT2D eigenvalue weighted by Gasteiger charge is 2.28. The van der Waals surface area contributed by atoms with Crippen LogP contribution in [0.2, 0.25) is 0 Å². The zero-order valence-corrected chi connectivity index (χ0v) is 9.77. The highest BCUT2D eigenvalue weighted by Crippen LogP contribution is 2.22. The van der Waals surface area contributed by atoms with Crippen LogP contribution in [-0.4, -0.2) is 42.0 Å². The standard InChI is InChI=1S/C13H20N2O/c1-2-5-15-7-6-14(10-13(15)3-1)9-12-4-8-16-11-12/h4,8,11,13H,1-3,5-7,9-10H2. The van der Waals surface area contributed by atoms with Crippen LogP contribution in [0.25, 0.3) is 0 Å². The largest absolute Gasteiger partial charge is 0.472 e. The summed E-state index contributed by atoms with van der Waals surface area (Å²) in [5.41, 5.74) is 1.31. The molecule has 2 saturated heterocycles. The number of rotatable bonds is 2. The van der Waals surface area contributed by atoms with Crippen LogP contribution < -0.4 is 0 Å². The number of furan rings is 1. The minimum atomic E-state index is 0.814. The lowest BCUT2D eigenvalue weighted by Crippen LogP contribution is -2.54. The summed E-state index contributed by atoms with van der Waals surface area (Å²) in [6.07, 6.45) is 7.85. The van der Waals surface area contributed by atoms with Crippen molar-refractivity contribution in [3.8, 4) is 0 Å². The van der Waals surface area contributed by atoms with E-state index < -0.39 is 0 Å². The Kier molecular flexibility index (Phi) is 2.98. The molecule has 2 fully saturated rings. The highest BCUT2D eigenvalue weighted by molar-refractivity contribution is 5.05. The zero-order valence-electron chi connectivity index (χ0n) is 9.77. The number of piperazine rings is 1. The normalized spacial score (nSPS) is 27.9.